The van der Waals surface area contributed by atoms with Crippen LogP contribution in [-0.4, -0.2) is 19.0 Å². The van der Waals surface area contributed by atoms with E-state index < -0.39 is 0 Å². The smallest absolute Gasteiger partial charge is 0.0454 e. The molecule has 2 N–H and O–H groups in total. The summed E-state index contributed by atoms with van der Waals surface area (Å²) in [5.41, 5.74) is 7.87. The first kappa shape index (κ1) is 12.5. The molecule has 3 heteroatoms. The Labute approximate surface area is 97.0 Å². The fraction of sp³-hybridized carbons (Fsp3) is 0.500. The summed E-state index contributed by atoms with van der Waals surface area (Å²) >= 11 is 6.20. The van der Waals surface area contributed by atoms with Gasteiger partial charge >= 0.3 is 0 Å². The Morgan fingerprint density at radius 3 is 2.33 bits per heavy atom. The van der Waals surface area contributed by atoms with E-state index in [4.69, 9.17) is 17.3 Å². The summed E-state index contributed by atoms with van der Waals surface area (Å²) in [6.07, 6.45) is 0. The maximum atomic E-state index is 6.20. The second-order valence-corrected chi connectivity index (χ2v) is 5.17. The molecule has 1 aromatic rings. The minimum Gasteiger partial charge on any atom is -0.322 e. The second-order valence-electron chi connectivity index (χ2n) is 4.77. The van der Waals surface area contributed by atoms with Gasteiger partial charge in [0.15, 0.2) is 0 Å². The number of nitrogens with zero attached hydrogens (tertiary/aromatic N) is 1. The van der Waals surface area contributed by atoms with Crippen LogP contribution in [0.1, 0.15) is 25.0 Å². The monoisotopic (exact) mass is 226 g/mol. The largest absolute Gasteiger partial charge is 0.322 e. The first-order valence-corrected chi connectivity index (χ1v) is 5.41. The molecule has 0 aromatic heterocycles. The fourth-order valence-corrected chi connectivity index (χ4v) is 1.66. The average Bonchev–Trinajstić information content (AvgIpc) is 2.05. The summed E-state index contributed by atoms with van der Waals surface area (Å²) in [7, 11) is 4.05. The molecule has 1 rings (SSSR count). The Bertz CT molecular complexity index is 340. The van der Waals surface area contributed by atoms with E-state index in [-0.39, 0.29) is 5.54 Å². The third-order valence-electron chi connectivity index (χ3n) is 2.28. The summed E-state index contributed by atoms with van der Waals surface area (Å²) < 4.78 is 0. The average molecular weight is 227 g/mol. The third-order valence-corrected chi connectivity index (χ3v) is 2.64. The van der Waals surface area contributed by atoms with Crippen LogP contribution >= 0.6 is 11.6 Å². The molecule has 0 bridgehead atoms. The van der Waals surface area contributed by atoms with Crippen molar-refractivity contribution >= 4 is 11.6 Å². The van der Waals surface area contributed by atoms with Gasteiger partial charge in [-0.3, -0.25) is 0 Å². The highest BCUT2D eigenvalue weighted by atomic mass is 35.5. The molecule has 0 spiro atoms. The standard InChI is InChI=1S/C12H19ClN2/c1-12(2,14)10-6-5-9(8-15(3)4)11(13)7-10/h5-7H,8,14H2,1-4H3. The molecule has 0 saturated carbocycles. The molecule has 15 heavy (non-hydrogen) atoms. The van der Waals surface area contributed by atoms with E-state index in [0.29, 0.717) is 0 Å². The zero-order valence-electron chi connectivity index (χ0n) is 9.84. The highest BCUT2D eigenvalue weighted by Gasteiger charge is 2.15. The molecular formula is C12H19ClN2. The summed E-state index contributed by atoms with van der Waals surface area (Å²) in [4.78, 5) is 2.09. The Morgan fingerprint density at radius 2 is 1.93 bits per heavy atom. The van der Waals surface area contributed by atoms with Gasteiger partial charge in [0, 0.05) is 17.1 Å². The van der Waals surface area contributed by atoms with Crippen LogP contribution in [0.3, 0.4) is 0 Å². The van der Waals surface area contributed by atoms with Crippen LogP contribution in [0, 0.1) is 0 Å². The number of benzene rings is 1. The van der Waals surface area contributed by atoms with Crippen LogP contribution in [0.5, 0.6) is 0 Å². The normalized spacial score (nSPS) is 12.2. The number of hydrogen-bond donors (Lipinski definition) is 1. The lowest BCUT2D eigenvalue weighted by Gasteiger charge is -2.20. The molecule has 0 aliphatic heterocycles. The van der Waals surface area contributed by atoms with Crippen LogP contribution in [-0.2, 0) is 12.1 Å². The van der Waals surface area contributed by atoms with E-state index in [1.54, 1.807) is 0 Å². The first-order chi connectivity index (χ1) is 6.80. The van der Waals surface area contributed by atoms with E-state index in [2.05, 4.69) is 4.90 Å². The first-order valence-electron chi connectivity index (χ1n) is 5.03. The lowest BCUT2D eigenvalue weighted by molar-refractivity contribution is 0.402. The van der Waals surface area contributed by atoms with Gasteiger partial charge in [-0.05, 0) is 45.1 Å². The summed E-state index contributed by atoms with van der Waals surface area (Å²) in [5, 5.41) is 0.791. The summed E-state index contributed by atoms with van der Waals surface area (Å²) in [5.74, 6) is 0. The van der Waals surface area contributed by atoms with E-state index in [9.17, 15) is 0 Å². The Hall–Kier alpha value is -0.570. The van der Waals surface area contributed by atoms with Crippen molar-refractivity contribution in [1.82, 2.24) is 4.90 Å². The van der Waals surface area contributed by atoms with Crippen LogP contribution in [0.15, 0.2) is 18.2 Å². The van der Waals surface area contributed by atoms with Crippen molar-refractivity contribution in [3.05, 3.63) is 34.3 Å². The molecule has 0 aliphatic rings. The van der Waals surface area contributed by atoms with Crippen molar-refractivity contribution in [3.8, 4) is 0 Å². The zero-order valence-corrected chi connectivity index (χ0v) is 10.6. The van der Waals surface area contributed by atoms with Gasteiger partial charge in [0.2, 0.25) is 0 Å². The highest BCUT2D eigenvalue weighted by molar-refractivity contribution is 6.31. The van der Waals surface area contributed by atoms with Crippen molar-refractivity contribution in [2.24, 2.45) is 5.73 Å². The molecule has 1 aromatic carbocycles. The van der Waals surface area contributed by atoms with Gasteiger partial charge in [-0.25, -0.2) is 0 Å². The van der Waals surface area contributed by atoms with Gasteiger partial charge < -0.3 is 10.6 Å². The summed E-state index contributed by atoms with van der Waals surface area (Å²) in [6.45, 7) is 4.80. The van der Waals surface area contributed by atoms with Gasteiger partial charge in [0.25, 0.3) is 0 Å². The highest BCUT2D eigenvalue weighted by Crippen LogP contribution is 2.24. The van der Waals surface area contributed by atoms with Crippen LogP contribution in [0.25, 0.3) is 0 Å². The van der Waals surface area contributed by atoms with E-state index in [1.807, 2.05) is 46.1 Å². The molecule has 2 nitrogen and oxygen atoms in total. The van der Waals surface area contributed by atoms with E-state index in [1.165, 1.54) is 0 Å². The number of nitrogens with two attached hydrogens (primary N) is 1. The predicted molar refractivity (Wildman–Crippen MR) is 66.1 cm³/mol. The minimum atomic E-state index is -0.333. The maximum absolute atomic E-state index is 6.20. The van der Waals surface area contributed by atoms with Gasteiger partial charge in [0.05, 0.1) is 0 Å². The Kier molecular flexibility index (Phi) is 3.77. The molecule has 0 aliphatic carbocycles. The maximum Gasteiger partial charge on any atom is 0.0454 e. The lowest BCUT2D eigenvalue weighted by Crippen LogP contribution is -2.28. The second kappa shape index (κ2) is 4.52. The fourth-order valence-electron chi connectivity index (χ4n) is 1.42. The van der Waals surface area contributed by atoms with Gasteiger partial charge in [-0.15, -0.1) is 0 Å². The van der Waals surface area contributed by atoms with Crippen LogP contribution in [0.4, 0.5) is 0 Å². The molecule has 0 saturated heterocycles. The molecule has 0 amide bonds. The summed E-state index contributed by atoms with van der Waals surface area (Å²) in [6, 6.07) is 6.05. The zero-order chi connectivity index (χ0) is 11.6. The Morgan fingerprint density at radius 1 is 1.33 bits per heavy atom. The minimum absolute atomic E-state index is 0.333. The van der Waals surface area contributed by atoms with Crippen molar-refractivity contribution in [2.45, 2.75) is 25.9 Å². The predicted octanol–water partition coefficient (Wildman–Crippen LogP) is 2.60. The van der Waals surface area contributed by atoms with Crippen molar-refractivity contribution in [2.75, 3.05) is 14.1 Å². The molecule has 0 heterocycles. The van der Waals surface area contributed by atoms with Crippen molar-refractivity contribution in [1.29, 1.82) is 0 Å². The third kappa shape index (κ3) is 3.49. The quantitative estimate of drug-likeness (QED) is 0.859. The molecule has 84 valence electrons. The van der Waals surface area contributed by atoms with E-state index in [0.717, 1.165) is 22.7 Å². The molecule has 0 fully saturated rings. The molecule has 0 unspecified atom stereocenters. The Balaban J connectivity index is 2.98. The number of rotatable bonds is 3. The topological polar surface area (TPSA) is 29.3 Å². The number of halogens is 1. The molecular weight excluding hydrogens is 208 g/mol. The van der Waals surface area contributed by atoms with Gasteiger partial charge in [0.1, 0.15) is 0 Å². The molecule has 0 atom stereocenters. The van der Waals surface area contributed by atoms with Crippen molar-refractivity contribution < 1.29 is 0 Å². The van der Waals surface area contributed by atoms with Crippen molar-refractivity contribution in [3.63, 3.8) is 0 Å². The van der Waals surface area contributed by atoms with Crippen LogP contribution < -0.4 is 5.73 Å². The van der Waals surface area contributed by atoms with Gasteiger partial charge in [-0.2, -0.15) is 0 Å². The number of hydrogen-bond acceptors (Lipinski definition) is 2. The SMILES string of the molecule is CN(C)Cc1ccc(C(C)(C)N)cc1Cl. The van der Waals surface area contributed by atoms with E-state index >= 15 is 0 Å². The van der Waals surface area contributed by atoms with Gasteiger partial charge in [-0.1, -0.05) is 23.7 Å². The lowest BCUT2D eigenvalue weighted by atomic mass is 9.95. The van der Waals surface area contributed by atoms with Crippen LogP contribution in [0.2, 0.25) is 5.02 Å². The molecule has 0 radical (unpaired) electrons.